The number of aliphatic carboxylic acids is 1. The number of hydrogen-bond acceptors (Lipinski definition) is 2. The van der Waals surface area contributed by atoms with Crippen molar-refractivity contribution < 1.29 is 82.4 Å². The zero-order valence-electron chi connectivity index (χ0n) is 3.72. The minimum atomic E-state index is -1.08. The molecule has 6 heavy (non-hydrogen) atoms. The molecule has 0 spiro atoms. The van der Waals surface area contributed by atoms with E-state index < -0.39 is 5.97 Å². The van der Waals surface area contributed by atoms with Crippen molar-refractivity contribution in [1.82, 2.24) is 0 Å². The van der Waals surface area contributed by atoms with Crippen LogP contribution in [0.2, 0.25) is 0 Å². The minimum Gasteiger partial charge on any atom is -0.550 e. The first-order valence-electron chi connectivity index (χ1n) is 0.908. The molecular weight excluding hydrogens is 279 g/mol. The zero-order valence-corrected chi connectivity index (χ0v) is 9.78. The van der Waals surface area contributed by atoms with Crippen molar-refractivity contribution in [2.45, 2.75) is 6.92 Å². The predicted octanol–water partition coefficient (Wildman–Crippen LogP) is -4.24. The molecule has 30 valence electrons. The van der Waals surface area contributed by atoms with Crippen molar-refractivity contribution in [1.29, 1.82) is 0 Å². The molecule has 0 atom stereocenters. The molecule has 0 heterocycles. The third-order valence-electron chi connectivity index (χ3n) is 0. The van der Waals surface area contributed by atoms with Crippen LogP contribution in [0.4, 0.5) is 0 Å². The van der Waals surface area contributed by atoms with Gasteiger partial charge >= 0.3 is 51.4 Å². The fourth-order valence-corrected chi connectivity index (χ4v) is 0. The van der Waals surface area contributed by atoms with Crippen LogP contribution in [0.3, 0.4) is 0 Å². The van der Waals surface area contributed by atoms with E-state index in [1.807, 2.05) is 0 Å². The van der Waals surface area contributed by atoms with Gasteiger partial charge in [-0.15, -0.1) is 0 Å². The number of rotatable bonds is 0. The van der Waals surface area contributed by atoms with Crippen LogP contribution in [0.25, 0.3) is 0 Å². The summed E-state index contributed by atoms with van der Waals surface area (Å²) in [7, 11) is 0. The Kier molecular flexibility index (Phi) is 25.9. The summed E-state index contributed by atoms with van der Waals surface area (Å²) in [5.41, 5.74) is 0. The third kappa shape index (κ3) is 41.4. The van der Waals surface area contributed by atoms with Gasteiger partial charge in [-0.3, -0.25) is 0 Å². The van der Waals surface area contributed by atoms with Crippen LogP contribution in [0.1, 0.15) is 6.92 Å². The molecule has 0 saturated heterocycles. The SMILES string of the molecule is CC(=O)[O-].[K+].[W]. The zero-order chi connectivity index (χ0) is 3.58. The number of hydrogen-bond donors (Lipinski definition) is 0. The van der Waals surface area contributed by atoms with E-state index in [2.05, 4.69) is 0 Å². The molecular formula is C2H3KO2W. The van der Waals surface area contributed by atoms with Crippen molar-refractivity contribution >= 4 is 5.97 Å². The van der Waals surface area contributed by atoms with Crippen molar-refractivity contribution in [3.63, 3.8) is 0 Å². The van der Waals surface area contributed by atoms with Crippen LogP contribution in [-0.4, -0.2) is 5.97 Å². The van der Waals surface area contributed by atoms with E-state index in [1.165, 1.54) is 0 Å². The first-order chi connectivity index (χ1) is 1.73. The topological polar surface area (TPSA) is 40.1 Å². The van der Waals surface area contributed by atoms with Gasteiger partial charge in [-0.1, -0.05) is 0 Å². The van der Waals surface area contributed by atoms with Gasteiger partial charge in [-0.05, 0) is 6.92 Å². The van der Waals surface area contributed by atoms with E-state index in [-0.39, 0.29) is 72.4 Å². The van der Waals surface area contributed by atoms with Crippen molar-refractivity contribution in [2.75, 3.05) is 0 Å². The van der Waals surface area contributed by atoms with Crippen molar-refractivity contribution in [3.05, 3.63) is 0 Å². The Balaban J connectivity index is -0.0000000450. The molecule has 0 bridgehead atoms. The van der Waals surface area contributed by atoms with Gasteiger partial charge in [0.05, 0.1) is 0 Å². The van der Waals surface area contributed by atoms with Gasteiger partial charge in [0.1, 0.15) is 0 Å². The van der Waals surface area contributed by atoms with E-state index in [4.69, 9.17) is 9.90 Å². The normalized spacial score (nSPS) is 4.17. The second-order valence-electron chi connectivity index (χ2n) is 0.492. The van der Waals surface area contributed by atoms with Gasteiger partial charge in [0, 0.05) is 27.0 Å². The Morgan fingerprint density at radius 2 is 1.67 bits per heavy atom. The first-order valence-corrected chi connectivity index (χ1v) is 0.908. The average Bonchev–Trinajstić information content (AvgIpc) is 0.811. The second kappa shape index (κ2) is 9.92. The van der Waals surface area contributed by atoms with E-state index in [0.717, 1.165) is 6.92 Å². The summed E-state index contributed by atoms with van der Waals surface area (Å²) >= 11 is 0. The van der Waals surface area contributed by atoms with Crippen molar-refractivity contribution in [3.8, 4) is 0 Å². The van der Waals surface area contributed by atoms with Gasteiger partial charge in [0.2, 0.25) is 0 Å². The molecule has 0 radical (unpaired) electrons. The fourth-order valence-electron chi connectivity index (χ4n) is 0. The van der Waals surface area contributed by atoms with E-state index in [1.54, 1.807) is 0 Å². The Bertz CT molecular complexity index is 34.5. The van der Waals surface area contributed by atoms with Crippen molar-refractivity contribution in [2.24, 2.45) is 0 Å². The van der Waals surface area contributed by atoms with E-state index in [0.29, 0.717) is 0 Å². The quantitative estimate of drug-likeness (QED) is 0.422. The van der Waals surface area contributed by atoms with Crippen LogP contribution >= 0.6 is 0 Å². The summed E-state index contributed by atoms with van der Waals surface area (Å²) in [4.78, 5) is 8.89. The van der Waals surface area contributed by atoms with Crippen LogP contribution < -0.4 is 56.5 Å². The molecule has 4 heteroatoms. The van der Waals surface area contributed by atoms with Crippen LogP contribution in [0, 0.1) is 0 Å². The summed E-state index contributed by atoms with van der Waals surface area (Å²) in [5, 5.41) is 8.89. The molecule has 0 aromatic carbocycles. The molecule has 0 fully saturated rings. The molecule has 0 aliphatic carbocycles. The summed E-state index contributed by atoms with van der Waals surface area (Å²) < 4.78 is 0. The summed E-state index contributed by atoms with van der Waals surface area (Å²) in [6.45, 7) is 0.972. The van der Waals surface area contributed by atoms with E-state index >= 15 is 0 Å². The van der Waals surface area contributed by atoms with Gasteiger partial charge in [-0.2, -0.15) is 0 Å². The molecule has 0 N–H and O–H groups in total. The Labute approximate surface area is 93.4 Å². The maximum absolute atomic E-state index is 8.89. The van der Waals surface area contributed by atoms with Gasteiger partial charge in [0.25, 0.3) is 0 Å². The standard InChI is InChI=1S/C2H4O2.K.W/c1-2(3)4;;/h1H3,(H,3,4);;/q;+1;/p-1. The number of carbonyl (C=O) groups is 1. The fraction of sp³-hybridized carbons (Fsp3) is 0.500. The van der Waals surface area contributed by atoms with Crippen LogP contribution in [-0.2, 0) is 25.9 Å². The average molecular weight is 282 g/mol. The Morgan fingerprint density at radius 1 is 1.67 bits per heavy atom. The Morgan fingerprint density at radius 3 is 1.67 bits per heavy atom. The largest absolute Gasteiger partial charge is 1.00 e. The first kappa shape index (κ1) is 15.7. The molecule has 0 aromatic heterocycles. The number of carboxylic acid groups (broad SMARTS) is 1. The van der Waals surface area contributed by atoms with Crippen LogP contribution in [0.15, 0.2) is 0 Å². The maximum atomic E-state index is 8.89. The molecule has 0 aromatic rings. The minimum absolute atomic E-state index is 0. The molecule has 2 nitrogen and oxygen atoms in total. The summed E-state index contributed by atoms with van der Waals surface area (Å²) in [5.74, 6) is -1.08. The second-order valence-corrected chi connectivity index (χ2v) is 0.492. The van der Waals surface area contributed by atoms with Gasteiger partial charge < -0.3 is 9.90 Å². The maximum Gasteiger partial charge on any atom is 1.00 e. The molecule has 0 saturated carbocycles. The van der Waals surface area contributed by atoms with Gasteiger partial charge in [0.15, 0.2) is 0 Å². The molecule has 0 aliphatic rings. The number of carboxylic acids is 1. The van der Waals surface area contributed by atoms with Gasteiger partial charge in [-0.25, -0.2) is 0 Å². The molecule has 0 aliphatic heterocycles. The number of carbonyl (C=O) groups excluding carboxylic acids is 1. The summed E-state index contributed by atoms with van der Waals surface area (Å²) in [6.07, 6.45) is 0. The molecule has 0 rings (SSSR count). The monoisotopic (exact) mass is 282 g/mol. The summed E-state index contributed by atoms with van der Waals surface area (Å²) in [6, 6.07) is 0. The van der Waals surface area contributed by atoms with E-state index in [9.17, 15) is 0 Å². The third-order valence-corrected chi connectivity index (χ3v) is 0. The smallest absolute Gasteiger partial charge is 0.550 e. The molecule has 0 unspecified atom stereocenters. The molecule has 0 amide bonds. The predicted molar refractivity (Wildman–Crippen MR) is 10.7 cm³/mol. The Hall–Kier alpha value is 1.79. The van der Waals surface area contributed by atoms with Crippen LogP contribution in [0.5, 0.6) is 0 Å².